The average molecular weight is 330 g/mol. The third-order valence-corrected chi connectivity index (χ3v) is 3.82. The molecule has 0 saturated heterocycles. The van der Waals surface area contributed by atoms with Crippen LogP contribution in [0.4, 0.5) is 8.78 Å². The van der Waals surface area contributed by atoms with Crippen molar-refractivity contribution in [1.29, 1.82) is 0 Å². The van der Waals surface area contributed by atoms with Crippen LogP contribution in [0.15, 0.2) is 34.7 Å². The molecule has 0 unspecified atom stereocenters. The van der Waals surface area contributed by atoms with E-state index in [0.29, 0.717) is 16.7 Å². The van der Waals surface area contributed by atoms with E-state index in [1.54, 1.807) is 18.2 Å². The lowest BCUT2D eigenvalue weighted by atomic mass is 10.2. The van der Waals surface area contributed by atoms with Gasteiger partial charge in [0.15, 0.2) is 23.0 Å². The molecule has 1 saturated carbocycles. The topological polar surface area (TPSA) is 75.4 Å². The maximum Gasteiger partial charge on any atom is 0.251 e. The molecule has 1 aliphatic rings. The standard InChI is InChI=1S/C17H12F2N2O3/c18-11-5-9(7-13(22)15(11)19)17-21-12-6-8(1-4-14(12)24-17)16(23)20-10-2-3-10/h1,4-7,10,22H,2-3H2,(H,20,23). The fraction of sp³-hybridized carbons (Fsp3) is 0.176. The fourth-order valence-electron chi connectivity index (χ4n) is 2.39. The molecule has 2 N–H and O–H groups in total. The number of aromatic nitrogens is 1. The number of hydrogen-bond acceptors (Lipinski definition) is 4. The maximum atomic E-state index is 13.4. The van der Waals surface area contributed by atoms with Gasteiger partial charge in [0.2, 0.25) is 5.89 Å². The van der Waals surface area contributed by atoms with E-state index in [0.717, 1.165) is 25.0 Å². The zero-order valence-corrected chi connectivity index (χ0v) is 12.3. The van der Waals surface area contributed by atoms with Gasteiger partial charge in [0.05, 0.1) is 0 Å². The Labute approximate surface area is 134 Å². The highest BCUT2D eigenvalue weighted by Crippen LogP contribution is 2.30. The van der Waals surface area contributed by atoms with Gasteiger partial charge in [0, 0.05) is 17.2 Å². The van der Waals surface area contributed by atoms with Crippen LogP contribution in [-0.2, 0) is 0 Å². The second kappa shape index (κ2) is 5.30. The molecule has 5 nitrogen and oxygen atoms in total. The first-order chi connectivity index (χ1) is 11.5. The lowest BCUT2D eigenvalue weighted by Crippen LogP contribution is -2.25. The summed E-state index contributed by atoms with van der Waals surface area (Å²) in [5.74, 6) is -3.50. The molecule has 0 radical (unpaired) electrons. The number of aromatic hydroxyl groups is 1. The summed E-state index contributed by atoms with van der Waals surface area (Å²) in [6.45, 7) is 0. The Morgan fingerprint density at radius 3 is 2.75 bits per heavy atom. The monoisotopic (exact) mass is 330 g/mol. The number of nitrogens with one attached hydrogen (secondary N) is 1. The van der Waals surface area contributed by atoms with Crippen LogP contribution in [0.1, 0.15) is 23.2 Å². The van der Waals surface area contributed by atoms with Crippen molar-refractivity contribution in [3.8, 4) is 17.2 Å². The van der Waals surface area contributed by atoms with Gasteiger partial charge < -0.3 is 14.8 Å². The molecule has 1 aromatic heterocycles. The van der Waals surface area contributed by atoms with Gasteiger partial charge in [-0.2, -0.15) is 4.39 Å². The first kappa shape index (κ1) is 14.6. The molecular formula is C17H12F2N2O3. The van der Waals surface area contributed by atoms with Crippen LogP contribution in [-0.4, -0.2) is 22.0 Å². The quantitative estimate of drug-likeness (QED) is 0.772. The molecule has 0 bridgehead atoms. The summed E-state index contributed by atoms with van der Waals surface area (Å²) >= 11 is 0. The Morgan fingerprint density at radius 1 is 1.25 bits per heavy atom. The van der Waals surface area contributed by atoms with Gasteiger partial charge in [-0.1, -0.05) is 0 Å². The average Bonchev–Trinajstić information content (AvgIpc) is 3.26. The van der Waals surface area contributed by atoms with Crippen LogP contribution in [0, 0.1) is 11.6 Å². The number of carbonyl (C=O) groups excluding carboxylic acids is 1. The Balaban J connectivity index is 1.71. The number of phenols is 1. The third kappa shape index (κ3) is 2.58. The van der Waals surface area contributed by atoms with Crippen LogP contribution in [0.2, 0.25) is 0 Å². The van der Waals surface area contributed by atoms with Crippen molar-refractivity contribution in [2.24, 2.45) is 0 Å². The van der Waals surface area contributed by atoms with Crippen LogP contribution in [0.5, 0.6) is 5.75 Å². The molecule has 1 fully saturated rings. The molecule has 0 atom stereocenters. The molecule has 7 heteroatoms. The largest absolute Gasteiger partial charge is 0.505 e. The number of benzene rings is 2. The van der Waals surface area contributed by atoms with Crippen molar-refractivity contribution in [3.05, 3.63) is 47.5 Å². The van der Waals surface area contributed by atoms with Crippen molar-refractivity contribution in [2.45, 2.75) is 18.9 Å². The van der Waals surface area contributed by atoms with Crippen molar-refractivity contribution in [2.75, 3.05) is 0 Å². The summed E-state index contributed by atoms with van der Waals surface area (Å²) in [4.78, 5) is 16.2. The van der Waals surface area contributed by atoms with E-state index < -0.39 is 17.4 Å². The molecule has 1 amide bonds. The maximum absolute atomic E-state index is 13.4. The van der Waals surface area contributed by atoms with E-state index in [-0.39, 0.29) is 23.4 Å². The molecule has 0 spiro atoms. The number of nitrogens with zero attached hydrogens (tertiary/aromatic N) is 1. The van der Waals surface area contributed by atoms with Gasteiger partial charge >= 0.3 is 0 Å². The summed E-state index contributed by atoms with van der Waals surface area (Å²) in [5.41, 5.74) is 1.36. The highest BCUT2D eigenvalue weighted by molar-refractivity contribution is 5.97. The minimum absolute atomic E-state index is 0.0268. The number of phenolic OH excluding ortho intramolecular Hbond substituents is 1. The summed E-state index contributed by atoms with van der Waals surface area (Å²) in [6.07, 6.45) is 1.98. The van der Waals surface area contributed by atoms with Gasteiger partial charge in [-0.25, -0.2) is 9.37 Å². The minimum Gasteiger partial charge on any atom is -0.505 e. The van der Waals surface area contributed by atoms with E-state index in [2.05, 4.69) is 10.3 Å². The van der Waals surface area contributed by atoms with Crippen LogP contribution < -0.4 is 5.32 Å². The van der Waals surface area contributed by atoms with Crippen molar-refractivity contribution < 1.29 is 23.1 Å². The number of hydrogen-bond donors (Lipinski definition) is 2. The van der Waals surface area contributed by atoms with E-state index in [1.807, 2.05) is 0 Å². The van der Waals surface area contributed by atoms with Gasteiger partial charge in [-0.3, -0.25) is 4.79 Å². The molecule has 3 aromatic rings. The van der Waals surface area contributed by atoms with Crippen molar-refractivity contribution >= 4 is 17.0 Å². The number of halogens is 2. The van der Waals surface area contributed by atoms with E-state index in [4.69, 9.17) is 4.42 Å². The molecule has 0 aliphatic heterocycles. The fourth-order valence-corrected chi connectivity index (χ4v) is 2.39. The zero-order chi connectivity index (χ0) is 16.8. The first-order valence-electron chi connectivity index (χ1n) is 7.41. The van der Waals surface area contributed by atoms with Crippen LogP contribution >= 0.6 is 0 Å². The van der Waals surface area contributed by atoms with E-state index in [1.165, 1.54) is 0 Å². The molecule has 2 aromatic carbocycles. The van der Waals surface area contributed by atoms with Gasteiger partial charge in [-0.15, -0.1) is 0 Å². The Hall–Kier alpha value is -2.96. The Kier molecular flexibility index (Phi) is 3.23. The first-order valence-corrected chi connectivity index (χ1v) is 7.41. The number of oxazole rings is 1. The second-order valence-corrected chi connectivity index (χ2v) is 5.74. The van der Waals surface area contributed by atoms with E-state index >= 15 is 0 Å². The highest BCUT2D eigenvalue weighted by atomic mass is 19.2. The molecule has 122 valence electrons. The molecule has 1 aliphatic carbocycles. The number of fused-ring (bicyclic) bond motifs is 1. The zero-order valence-electron chi connectivity index (χ0n) is 12.3. The predicted molar refractivity (Wildman–Crippen MR) is 81.5 cm³/mol. The van der Waals surface area contributed by atoms with Crippen molar-refractivity contribution in [3.63, 3.8) is 0 Å². The highest BCUT2D eigenvalue weighted by Gasteiger charge is 2.24. The summed E-state index contributed by atoms with van der Waals surface area (Å²) in [7, 11) is 0. The SMILES string of the molecule is O=C(NC1CC1)c1ccc2oc(-c3cc(O)c(F)c(F)c3)nc2c1. The normalized spacial score (nSPS) is 14.1. The summed E-state index contributed by atoms with van der Waals surface area (Å²) in [6, 6.07) is 6.93. The van der Waals surface area contributed by atoms with Gasteiger partial charge in [-0.05, 0) is 43.2 Å². The van der Waals surface area contributed by atoms with Crippen LogP contribution in [0.25, 0.3) is 22.6 Å². The number of carbonyl (C=O) groups is 1. The van der Waals surface area contributed by atoms with E-state index in [9.17, 15) is 18.7 Å². The molecule has 4 rings (SSSR count). The van der Waals surface area contributed by atoms with Crippen LogP contribution in [0.3, 0.4) is 0 Å². The smallest absolute Gasteiger partial charge is 0.251 e. The van der Waals surface area contributed by atoms with Gasteiger partial charge in [0.25, 0.3) is 5.91 Å². The molecule has 24 heavy (non-hydrogen) atoms. The minimum atomic E-state index is -1.33. The lowest BCUT2D eigenvalue weighted by Gasteiger charge is -2.01. The third-order valence-electron chi connectivity index (χ3n) is 3.82. The summed E-state index contributed by atoms with van der Waals surface area (Å²) < 4.78 is 32.1. The predicted octanol–water partition coefficient (Wildman–Crippen LogP) is 3.37. The van der Waals surface area contributed by atoms with Gasteiger partial charge in [0.1, 0.15) is 5.52 Å². The lowest BCUT2D eigenvalue weighted by molar-refractivity contribution is 0.0951. The Morgan fingerprint density at radius 2 is 2.04 bits per heavy atom. The number of rotatable bonds is 3. The van der Waals surface area contributed by atoms with Crippen molar-refractivity contribution in [1.82, 2.24) is 10.3 Å². The summed E-state index contributed by atoms with van der Waals surface area (Å²) in [5, 5.41) is 12.3. The second-order valence-electron chi connectivity index (χ2n) is 5.74. The number of amides is 1. The molecule has 1 heterocycles. The Bertz CT molecular complexity index is 941. The molecular weight excluding hydrogens is 318 g/mol.